The number of hydrogen-bond acceptors (Lipinski definition) is 4. The number of cyclic esters (lactones) is 1. The molecular weight excluding hydrogens is 308 g/mol. The van der Waals surface area contributed by atoms with Crippen LogP contribution in [0.4, 0.5) is 4.79 Å². The van der Waals surface area contributed by atoms with E-state index >= 15 is 0 Å². The van der Waals surface area contributed by atoms with Gasteiger partial charge in [0.05, 0.1) is 13.2 Å². The molecule has 2 aliphatic rings. The largest absolute Gasteiger partial charge is 0.493 e. The van der Waals surface area contributed by atoms with Crippen LogP contribution in [0.1, 0.15) is 18.4 Å². The third-order valence-corrected chi connectivity index (χ3v) is 4.61. The minimum absolute atomic E-state index is 0.00515. The first-order valence-corrected chi connectivity index (χ1v) is 8.51. The standard InChI is InChI=1S/C18H24N2O4/c1-14-5-2-3-7-16(14)24-13-15-6-4-8-19(11-15)17(21)12-20-9-10-23-18(20)22/h2-3,5,7,15H,4,6,8-13H2,1H3/t15-/m0/s1. The van der Waals surface area contributed by atoms with E-state index in [1.54, 1.807) is 0 Å². The molecule has 2 aliphatic heterocycles. The van der Waals surface area contributed by atoms with Crippen molar-refractivity contribution in [1.29, 1.82) is 0 Å². The number of rotatable bonds is 5. The highest BCUT2D eigenvalue weighted by Crippen LogP contribution is 2.21. The van der Waals surface area contributed by atoms with Gasteiger partial charge in [0.1, 0.15) is 18.9 Å². The Morgan fingerprint density at radius 1 is 1.33 bits per heavy atom. The summed E-state index contributed by atoms with van der Waals surface area (Å²) in [6.07, 6.45) is 1.64. The minimum atomic E-state index is -0.389. The number of likely N-dealkylation sites (tertiary alicyclic amines) is 1. The first-order chi connectivity index (χ1) is 11.6. The monoisotopic (exact) mass is 332 g/mol. The van der Waals surface area contributed by atoms with Crippen LogP contribution in [0.5, 0.6) is 5.75 Å². The Labute approximate surface area is 142 Å². The quantitative estimate of drug-likeness (QED) is 0.828. The summed E-state index contributed by atoms with van der Waals surface area (Å²) in [5.74, 6) is 1.23. The van der Waals surface area contributed by atoms with Gasteiger partial charge in [-0.1, -0.05) is 18.2 Å². The minimum Gasteiger partial charge on any atom is -0.493 e. The van der Waals surface area contributed by atoms with Crippen molar-refractivity contribution in [3.63, 3.8) is 0 Å². The zero-order valence-corrected chi connectivity index (χ0v) is 14.1. The van der Waals surface area contributed by atoms with Gasteiger partial charge in [-0.25, -0.2) is 4.79 Å². The molecular formula is C18H24N2O4. The lowest BCUT2D eigenvalue weighted by Gasteiger charge is -2.33. The maximum absolute atomic E-state index is 12.4. The first-order valence-electron chi connectivity index (χ1n) is 8.51. The Morgan fingerprint density at radius 3 is 2.92 bits per heavy atom. The van der Waals surface area contributed by atoms with Crippen molar-refractivity contribution in [2.45, 2.75) is 19.8 Å². The van der Waals surface area contributed by atoms with Crippen molar-refractivity contribution < 1.29 is 19.1 Å². The highest BCUT2D eigenvalue weighted by atomic mass is 16.6. The Hall–Kier alpha value is -2.24. The summed E-state index contributed by atoms with van der Waals surface area (Å²) in [6, 6.07) is 7.96. The molecule has 0 saturated carbocycles. The van der Waals surface area contributed by atoms with Crippen molar-refractivity contribution in [1.82, 2.24) is 9.80 Å². The van der Waals surface area contributed by atoms with Gasteiger partial charge in [-0.3, -0.25) is 9.69 Å². The average Bonchev–Trinajstić information content (AvgIpc) is 2.99. The average molecular weight is 332 g/mol. The normalized spacial score (nSPS) is 20.9. The molecule has 2 amide bonds. The molecule has 0 aromatic heterocycles. The van der Waals surface area contributed by atoms with Gasteiger partial charge in [-0.2, -0.15) is 0 Å². The number of piperidine rings is 1. The number of carbonyl (C=O) groups is 2. The van der Waals surface area contributed by atoms with Gasteiger partial charge in [-0.15, -0.1) is 0 Å². The van der Waals surface area contributed by atoms with E-state index in [0.717, 1.165) is 30.7 Å². The van der Waals surface area contributed by atoms with Crippen LogP contribution in [0.25, 0.3) is 0 Å². The summed E-state index contributed by atoms with van der Waals surface area (Å²) in [6.45, 7) is 5.07. The van der Waals surface area contributed by atoms with Gasteiger partial charge < -0.3 is 14.4 Å². The first kappa shape index (κ1) is 16.6. The molecule has 0 radical (unpaired) electrons. The number of aryl methyl sites for hydroxylation is 1. The van der Waals surface area contributed by atoms with Gasteiger partial charge in [0, 0.05) is 19.0 Å². The van der Waals surface area contributed by atoms with Crippen LogP contribution in [0, 0.1) is 12.8 Å². The number of para-hydroxylation sites is 1. The van der Waals surface area contributed by atoms with E-state index in [9.17, 15) is 9.59 Å². The van der Waals surface area contributed by atoms with Crippen molar-refractivity contribution in [3.05, 3.63) is 29.8 Å². The zero-order chi connectivity index (χ0) is 16.9. The summed E-state index contributed by atoms with van der Waals surface area (Å²) in [7, 11) is 0. The summed E-state index contributed by atoms with van der Waals surface area (Å²) >= 11 is 0. The van der Waals surface area contributed by atoms with E-state index in [-0.39, 0.29) is 18.5 Å². The number of carbonyl (C=O) groups excluding carboxylic acids is 2. The topological polar surface area (TPSA) is 59.1 Å². The number of amides is 2. The molecule has 3 rings (SSSR count). The summed E-state index contributed by atoms with van der Waals surface area (Å²) in [5, 5.41) is 0. The SMILES string of the molecule is Cc1ccccc1OC[C@H]1CCCN(C(=O)CN2CCOC2=O)C1. The van der Waals surface area contributed by atoms with Gasteiger partial charge in [0.15, 0.2) is 0 Å². The van der Waals surface area contributed by atoms with E-state index in [4.69, 9.17) is 9.47 Å². The van der Waals surface area contributed by atoms with E-state index in [1.807, 2.05) is 36.1 Å². The number of nitrogens with zero attached hydrogens (tertiary/aromatic N) is 2. The molecule has 2 heterocycles. The predicted octanol–water partition coefficient (Wildman–Crippen LogP) is 2.06. The fourth-order valence-electron chi connectivity index (χ4n) is 3.19. The second-order valence-electron chi connectivity index (χ2n) is 6.46. The van der Waals surface area contributed by atoms with Crippen LogP contribution >= 0.6 is 0 Å². The molecule has 1 aromatic carbocycles. The van der Waals surface area contributed by atoms with Crippen LogP contribution < -0.4 is 4.74 Å². The summed E-state index contributed by atoms with van der Waals surface area (Å²) in [5.41, 5.74) is 1.12. The maximum atomic E-state index is 12.4. The fourth-order valence-corrected chi connectivity index (χ4v) is 3.19. The molecule has 24 heavy (non-hydrogen) atoms. The van der Waals surface area contributed by atoms with Crippen molar-refractivity contribution >= 4 is 12.0 Å². The van der Waals surface area contributed by atoms with Crippen LogP contribution in [0.2, 0.25) is 0 Å². The molecule has 6 nitrogen and oxygen atoms in total. The molecule has 0 bridgehead atoms. The number of benzene rings is 1. The van der Waals surface area contributed by atoms with Gasteiger partial charge in [0.25, 0.3) is 0 Å². The van der Waals surface area contributed by atoms with E-state index in [0.29, 0.717) is 32.2 Å². The Bertz CT molecular complexity index is 604. The second-order valence-corrected chi connectivity index (χ2v) is 6.46. The van der Waals surface area contributed by atoms with E-state index < -0.39 is 0 Å². The molecule has 0 spiro atoms. The summed E-state index contributed by atoms with van der Waals surface area (Å²) in [4.78, 5) is 27.2. The van der Waals surface area contributed by atoms with Gasteiger partial charge >= 0.3 is 6.09 Å². The molecule has 0 N–H and O–H groups in total. The summed E-state index contributed by atoms with van der Waals surface area (Å²) < 4.78 is 10.8. The van der Waals surface area contributed by atoms with Crippen LogP contribution in [-0.4, -0.2) is 61.2 Å². The molecule has 0 aliphatic carbocycles. The van der Waals surface area contributed by atoms with Crippen molar-refractivity contribution in [3.8, 4) is 5.75 Å². The smallest absolute Gasteiger partial charge is 0.410 e. The van der Waals surface area contributed by atoms with Gasteiger partial charge in [-0.05, 0) is 31.4 Å². The molecule has 1 aromatic rings. The Morgan fingerprint density at radius 2 is 2.17 bits per heavy atom. The number of ether oxygens (including phenoxy) is 2. The molecule has 0 unspecified atom stereocenters. The molecule has 2 fully saturated rings. The highest BCUT2D eigenvalue weighted by Gasteiger charge is 2.29. The molecule has 6 heteroatoms. The Balaban J connectivity index is 1.49. The molecule has 1 atom stereocenters. The lowest BCUT2D eigenvalue weighted by molar-refractivity contribution is -0.133. The van der Waals surface area contributed by atoms with E-state index in [2.05, 4.69) is 0 Å². The fraction of sp³-hybridized carbons (Fsp3) is 0.556. The van der Waals surface area contributed by atoms with Crippen LogP contribution in [0.15, 0.2) is 24.3 Å². The highest BCUT2D eigenvalue weighted by molar-refractivity contribution is 5.83. The molecule has 2 saturated heterocycles. The zero-order valence-electron chi connectivity index (χ0n) is 14.1. The Kier molecular flexibility index (Phi) is 5.23. The third-order valence-electron chi connectivity index (χ3n) is 4.61. The van der Waals surface area contributed by atoms with Crippen molar-refractivity contribution in [2.24, 2.45) is 5.92 Å². The molecule has 130 valence electrons. The lowest BCUT2D eigenvalue weighted by Crippen LogP contribution is -2.46. The predicted molar refractivity (Wildman–Crippen MR) is 88.9 cm³/mol. The third kappa shape index (κ3) is 3.99. The lowest BCUT2D eigenvalue weighted by atomic mass is 9.99. The van der Waals surface area contributed by atoms with Crippen LogP contribution in [0.3, 0.4) is 0 Å². The number of hydrogen-bond donors (Lipinski definition) is 0. The van der Waals surface area contributed by atoms with Crippen LogP contribution in [-0.2, 0) is 9.53 Å². The van der Waals surface area contributed by atoms with Crippen molar-refractivity contribution in [2.75, 3.05) is 39.4 Å². The van der Waals surface area contributed by atoms with Gasteiger partial charge in [0.2, 0.25) is 5.91 Å². The second kappa shape index (κ2) is 7.55. The maximum Gasteiger partial charge on any atom is 0.410 e. The van der Waals surface area contributed by atoms with E-state index in [1.165, 1.54) is 4.90 Å².